The van der Waals surface area contributed by atoms with E-state index in [-0.39, 0.29) is 11.9 Å². The molecule has 0 heterocycles. The fourth-order valence-corrected chi connectivity index (χ4v) is 0.773. The van der Waals surface area contributed by atoms with Crippen LogP contribution in [0.15, 0.2) is 0 Å². The summed E-state index contributed by atoms with van der Waals surface area (Å²) in [7, 11) is 0. The van der Waals surface area contributed by atoms with Gasteiger partial charge in [0.25, 0.3) is 0 Å². The molecule has 0 bridgehead atoms. The molecule has 0 aliphatic heterocycles. The number of hydrogen-bond acceptors (Lipinski definition) is 2. The van der Waals surface area contributed by atoms with E-state index in [0.717, 1.165) is 4.90 Å². The lowest BCUT2D eigenvalue weighted by molar-refractivity contribution is -0.127. The van der Waals surface area contributed by atoms with Gasteiger partial charge in [0.2, 0.25) is 5.91 Å². The van der Waals surface area contributed by atoms with E-state index in [9.17, 15) is 9.59 Å². The smallest absolute Gasteiger partial charge is 0.321 e. The number of nitrogens with zero attached hydrogens (tertiary/aromatic N) is 1. The van der Waals surface area contributed by atoms with Gasteiger partial charge in [0.1, 0.15) is 0 Å². The molecule has 0 radical (unpaired) electrons. The maximum absolute atomic E-state index is 10.7. The van der Waals surface area contributed by atoms with Crippen molar-refractivity contribution in [3.05, 3.63) is 0 Å². The summed E-state index contributed by atoms with van der Waals surface area (Å²) in [6, 6.07) is -0.850. The molecule has 0 rings (SSSR count). The van der Waals surface area contributed by atoms with Crippen LogP contribution >= 0.6 is 0 Å². The van der Waals surface area contributed by atoms with Crippen LogP contribution in [0.3, 0.4) is 0 Å². The van der Waals surface area contributed by atoms with Gasteiger partial charge in [0, 0.05) is 13.0 Å². The average Bonchev–Trinajstić information content (AvgIpc) is 1.59. The highest BCUT2D eigenvalue weighted by atomic mass is 16.2. The summed E-state index contributed by atoms with van der Waals surface area (Å²) in [6.45, 7) is 4.77. The van der Waals surface area contributed by atoms with Gasteiger partial charge in [-0.25, -0.2) is 4.79 Å². The van der Waals surface area contributed by atoms with Crippen molar-refractivity contribution in [2.75, 3.05) is 0 Å². The fourth-order valence-electron chi connectivity index (χ4n) is 0.773. The summed E-state index contributed by atoms with van der Waals surface area (Å²) in [5, 5.41) is 0. The third-order valence-corrected chi connectivity index (χ3v) is 1.09. The summed E-state index contributed by atoms with van der Waals surface area (Å²) < 4.78 is 0. The maximum Gasteiger partial charge on any atom is 0.321 e. The minimum absolute atomic E-state index is 0.157. The van der Waals surface area contributed by atoms with Crippen molar-refractivity contribution in [3.63, 3.8) is 0 Å². The quantitative estimate of drug-likeness (QED) is 0.576. The Bertz CT molecular complexity index is 140. The molecule has 0 saturated heterocycles. The Morgan fingerprint density at radius 2 is 1.80 bits per heavy atom. The number of imide groups is 1. The van der Waals surface area contributed by atoms with Crippen molar-refractivity contribution < 1.29 is 9.59 Å². The lowest BCUT2D eigenvalue weighted by Crippen LogP contribution is -2.43. The van der Waals surface area contributed by atoms with Gasteiger partial charge in [-0.1, -0.05) is 0 Å². The largest absolute Gasteiger partial charge is 0.351 e. The van der Waals surface area contributed by atoms with E-state index in [1.165, 1.54) is 6.92 Å². The Labute approximate surface area is 60.0 Å². The monoisotopic (exact) mass is 144 g/mol. The summed E-state index contributed by atoms with van der Waals surface area (Å²) in [6.07, 6.45) is 0. The Hall–Kier alpha value is -1.06. The molecule has 3 amide bonds. The molecule has 0 spiro atoms. The van der Waals surface area contributed by atoms with Crippen molar-refractivity contribution in [1.82, 2.24) is 4.90 Å². The van der Waals surface area contributed by atoms with Gasteiger partial charge in [-0.3, -0.25) is 9.69 Å². The third kappa shape index (κ3) is 2.05. The highest BCUT2D eigenvalue weighted by Crippen LogP contribution is 1.96. The molecule has 0 aliphatic rings. The third-order valence-electron chi connectivity index (χ3n) is 1.09. The van der Waals surface area contributed by atoms with Crippen molar-refractivity contribution in [1.29, 1.82) is 0 Å². The van der Waals surface area contributed by atoms with Gasteiger partial charge < -0.3 is 5.73 Å². The first-order chi connectivity index (χ1) is 4.46. The number of primary amides is 1. The zero-order chi connectivity index (χ0) is 8.31. The molecule has 4 nitrogen and oxygen atoms in total. The van der Waals surface area contributed by atoms with Gasteiger partial charge in [0.05, 0.1) is 0 Å². The summed E-state index contributed by atoms with van der Waals surface area (Å²) >= 11 is 0. The first-order valence-corrected chi connectivity index (χ1v) is 3.06. The van der Waals surface area contributed by atoms with Crippen LogP contribution in [0.1, 0.15) is 20.8 Å². The van der Waals surface area contributed by atoms with Crippen molar-refractivity contribution in [2.24, 2.45) is 5.73 Å². The molecule has 58 valence electrons. The van der Waals surface area contributed by atoms with Crippen molar-refractivity contribution >= 4 is 11.9 Å². The molecule has 0 aliphatic carbocycles. The Morgan fingerprint density at radius 3 is 1.80 bits per heavy atom. The molecular weight excluding hydrogens is 132 g/mol. The van der Waals surface area contributed by atoms with Gasteiger partial charge >= 0.3 is 6.03 Å². The first-order valence-electron chi connectivity index (χ1n) is 3.06. The minimum atomic E-state index is -0.692. The van der Waals surface area contributed by atoms with E-state index in [1.54, 1.807) is 13.8 Å². The van der Waals surface area contributed by atoms with Crippen LogP contribution in [-0.2, 0) is 4.79 Å². The van der Waals surface area contributed by atoms with Crippen LogP contribution in [0.5, 0.6) is 0 Å². The topological polar surface area (TPSA) is 63.4 Å². The Balaban J connectivity index is 4.27. The van der Waals surface area contributed by atoms with E-state index >= 15 is 0 Å². The van der Waals surface area contributed by atoms with Crippen molar-refractivity contribution in [2.45, 2.75) is 26.8 Å². The van der Waals surface area contributed by atoms with E-state index in [0.29, 0.717) is 0 Å². The number of carbonyl (C=O) groups is 2. The van der Waals surface area contributed by atoms with Gasteiger partial charge in [-0.15, -0.1) is 0 Å². The Morgan fingerprint density at radius 1 is 1.40 bits per heavy atom. The number of hydrogen-bond donors (Lipinski definition) is 1. The van der Waals surface area contributed by atoms with Crippen molar-refractivity contribution in [3.8, 4) is 0 Å². The van der Waals surface area contributed by atoms with Gasteiger partial charge in [0.15, 0.2) is 0 Å². The number of nitrogens with two attached hydrogens (primary N) is 1. The number of amides is 3. The molecule has 10 heavy (non-hydrogen) atoms. The summed E-state index contributed by atoms with van der Waals surface area (Å²) in [4.78, 5) is 22.2. The molecule has 0 fully saturated rings. The van der Waals surface area contributed by atoms with Crippen LogP contribution in [0.2, 0.25) is 0 Å². The highest BCUT2D eigenvalue weighted by Gasteiger charge is 2.17. The van der Waals surface area contributed by atoms with E-state index in [4.69, 9.17) is 5.73 Å². The zero-order valence-corrected chi connectivity index (χ0v) is 6.42. The number of urea groups is 1. The standard InChI is InChI=1S/C6H12N2O2/c1-4(2)8(5(3)9)6(7)10/h4H,1-3H3,(H2,7,10). The predicted molar refractivity (Wildman–Crippen MR) is 37.2 cm³/mol. The number of rotatable bonds is 1. The predicted octanol–water partition coefficient (Wildman–Crippen LogP) is 0.322. The molecule has 0 atom stereocenters. The fraction of sp³-hybridized carbons (Fsp3) is 0.667. The lowest BCUT2D eigenvalue weighted by atomic mass is 10.3. The second kappa shape index (κ2) is 3.20. The molecule has 0 aromatic carbocycles. The van der Waals surface area contributed by atoms with E-state index < -0.39 is 6.03 Å². The van der Waals surface area contributed by atoms with E-state index in [1.807, 2.05) is 0 Å². The normalized spacial score (nSPS) is 9.60. The summed E-state index contributed by atoms with van der Waals surface area (Å²) in [5.74, 6) is -0.317. The van der Waals surface area contributed by atoms with Crippen LogP contribution in [0, 0.1) is 0 Å². The molecule has 0 aromatic rings. The molecule has 0 saturated carbocycles. The molecule has 0 aromatic heterocycles. The second-order valence-corrected chi connectivity index (χ2v) is 2.32. The van der Waals surface area contributed by atoms with Gasteiger partial charge in [-0.2, -0.15) is 0 Å². The second-order valence-electron chi connectivity index (χ2n) is 2.32. The lowest BCUT2D eigenvalue weighted by Gasteiger charge is -2.19. The average molecular weight is 144 g/mol. The summed E-state index contributed by atoms with van der Waals surface area (Å²) in [5.41, 5.74) is 4.90. The van der Waals surface area contributed by atoms with Crippen LogP contribution in [0.4, 0.5) is 4.79 Å². The zero-order valence-electron chi connectivity index (χ0n) is 6.42. The SMILES string of the molecule is CC(=O)N(C(N)=O)C(C)C. The molecule has 4 heteroatoms. The highest BCUT2D eigenvalue weighted by molar-refractivity contribution is 5.92. The molecular formula is C6H12N2O2. The van der Waals surface area contributed by atoms with Crippen LogP contribution in [0.25, 0.3) is 0 Å². The van der Waals surface area contributed by atoms with Crippen LogP contribution < -0.4 is 5.73 Å². The number of carbonyl (C=O) groups excluding carboxylic acids is 2. The Kier molecular flexibility index (Phi) is 2.86. The maximum atomic E-state index is 10.7. The van der Waals surface area contributed by atoms with Crippen LogP contribution in [-0.4, -0.2) is 22.9 Å². The molecule has 0 unspecified atom stereocenters. The molecule has 2 N–H and O–H groups in total. The van der Waals surface area contributed by atoms with E-state index in [2.05, 4.69) is 0 Å². The minimum Gasteiger partial charge on any atom is -0.351 e. The first kappa shape index (κ1) is 8.94. The van der Waals surface area contributed by atoms with Gasteiger partial charge in [-0.05, 0) is 13.8 Å².